The molecule has 1 atom stereocenters. The Kier molecular flexibility index (Phi) is 5.50. The summed E-state index contributed by atoms with van der Waals surface area (Å²) in [7, 11) is 4.10. The van der Waals surface area contributed by atoms with Crippen molar-refractivity contribution in [3.63, 3.8) is 0 Å². The Labute approximate surface area is 149 Å². The largest absolute Gasteiger partial charge is 0.389 e. The minimum atomic E-state index is -0.416. The fourth-order valence-corrected chi connectivity index (χ4v) is 3.03. The van der Waals surface area contributed by atoms with Crippen LogP contribution in [0.1, 0.15) is 29.7 Å². The lowest BCUT2D eigenvalue weighted by atomic mass is 9.96. The molecule has 6 nitrogen and oxygen atoms in total. The molecule has 1 aliphatic rings. The summed E-state index contributed by atoms with van der Waals surface area (Å²) in [6.07, 6.45) is 2.36. The number of aliphatic hydroxyl groups is 1. The molecule has 2 N–H and O–H groups in total. The third-order valence-electron chi connectivity index (χ3n) is 4.53. The van der Waals surface area contributed by atoms with Crippen LogP contribution in [0.3, 0.4) is 0 Å². The number of aliphatic hydroxyl groups excluding tert-OH is 1. The Morgan fingerprint density at radius 1 is 1.28 bits per heavy atom. The molecule has 1 aromatic carbocycles. The summed E-state index contributed by atoms with van der Waals surface area (Å²) >= 11 is 0. The number of aromatic nitrogens is 2. The lowest BCUT2D eigenvalue weighted by molar-refractivity contribution is 0.199. The molecule has 2 aromatic rings. The molecule has 0 bridgehead atoms. The second-order valence-corrected chi connectivity index (χ2v) is 6.84. The summed E-state index contributed by atoms with van der Waals surface area (Å²) in [4.78, 5) is 13.4. The summed E-state index contributed by atoms with van der Waals surface area (Å²) in [5, 5.41) is 13.0. The molecule has 3 rings (SSSR count). The topological polar surface area (TPSA) is 64.5 Å². The van der Waals surface area contributed by atoms with E-state index in [-0.39, 0.29) is 0 Å². The zero-order valence-corrected chi connectivity index (χ0v) is 15.2. The summed E-state index contributed by atoms with van der Waals surface area (Å²) in [6, 6.07) is 8.24. The number of anilines is 2. The van der Waals surface area contributed by atoms with Crippen LogP contribution in [0.15, 0.2) is 30.5 Å². The maximum atomic E-state index is 9.75. The molecule has 0 radical (unpaired) electrons. The van der Waals surface area contributed by atoms with E-state index in [2.05, 4.69) is 37.2 Å². The van der Waals surface area contributed by atoms with E-state index in [0.29, 0.717) is 5.95 Å². The van der Waals surface area contributed by atoms with Gasteiger partial charge in [-0.15, -0.1) is 0 Å². The molecule has 0 spiro atoms. The highest BCUT2D eigenvalue weighted by Gasteiger charge is 2.19. The number of rotatable bonds is 6. The van der Waals surface area contributed by atoms with Crippen LogP contribution >= 0.6 is 0 Å². The average Bonchev–Trinajstić information content (AvgIpc) is 2.60. The van der Waals surface area contributed by atoms with Gasteiger partial charge in [-0.05, 0) is 50.2 Å². The molecule has 25 heavy (non-hydrogen) atoms. The van der Waals surface area contributed by atoms with E-state index in [4.69, 9.17) is 0 Å². The first-order valence-electron chi connectivity index (χ1n) is 8.79. The number of hydrogen-bond acceptors (Lipinski definition) is 6. The van der Waals surface area contributed by atoms with Gasteiger partial charge in [0.15, 0.2) is 0 Å². The van der Waals surface area contributed by atoms with E-state index in [1.165, 1.54) is 11.1 Å². The SMILES string of the molecule is C[C@H](O)c1ccc2c(c1)CCN(c1ccnc(NCCN(C)C)n1)C2. The molecule has 134 valence electrons. The molecule has 0 aliphatic carbocycles. The van der Waals surface area contributed by atoms with Crippen molar-refractivity contribution in [2.45, 2.75) is 26.0 Å². The van der Waals surface area contributed by atoms with Crippen molar-refractivity contribution in [1.29, 1.82) is 0 Å². The fourth-order valence-electron chi connectivity index (χ4n) is 3.03. The van der Waals surface area contributed by atoms with Gasteiger partial charge in [-0.2, -0.15) is 4.98 Å². The monoisotopic (exact) mass is 341 g/mol. The number of likely N-dealkylation sites (N-methyl/N-ethyl adjacent to an activating group) is 1. The van der Waals surface area contributed by atoms with Crippen molar-refractivity contribution in [1.82, 2.24) is 14.9 Å². The van der Waals surface area contributed by atoms with Gasteiger partial charge in [0.1, 0.15) is 5.82 Å². The third-order valence-corrected chi connectivity index (χ3v) is 4.53. The quantitative estimate of drug-likeness (QED) is 0.839. The van der Waals surface area contributed by atoms with E-state index in [1.54, 1.807) is 0 Å². The van der Waals surface area contributed by atoms with E-state index < -0.39 is 6.10 Å². The molecule has 2 heterocycles. The van der Waals surface area contributed by atoms with E-state index >= 15 is 0 Å². The smallest absolute Gasteiger partial charge is 0.224 e. The Bertz CT molecular complexity index is 717. The maximum Gasteiger partial charge on any atom is 0.224 e. The lowest BCUT2D eigenvalue weighted by Crippen LogP contribution is -2.31. The van der Waals surface area contributed by atoms with E-state index in [1.807, 2.05) is 39.3 Å². The van der Waals surface area contributed by atoms with Gasteiger partial charge in [-0.3, -0.25) is 0 Å². The number of hydrogen-bond donors (Lipinski definition) is 2. The first-order valence-corrected chi connectivity index (χ1v) is 8.79. The Hall–Kier alpha value is -2.18. The zero-order chi connectivity index (χ0) is 17.8. The molecule has 1 aromatic heterocycles. The van der Waals surface area contributed by atoms with Crippen LogP contribution in [0.2, 0.25) is 0 Å². The zero-order valence-electron chi connectivity index (χ0n) is 15.2. The van der Waals surface area contributed by atoms with Crippen LogP contribution in [0, 0.1) is 0 Å². The van der Waals surface area contributed by atoms with Gasteiger partial charge in [-0.1, -0.05) is 18.2 Å². The van der Waals surface area contributed by atoms with Gasteiger partial charge >= 0.3 is 0 Å². The number of benzene rings is 1. The van der Waals surface area contributed by atoms with Gasteiger partial charge in [0.25, 0.3) is 0 Å². The van der Waals surface area contributed by atoms with Crippen LogP contribution in [-0.4, -0.2) is 53.7 Å². The molecule has 0 fully saturated rings. The normalized spacial score (nSPS) is 15.2. The predicted octanol–water partition coefficient (Wildman–Crippen LogP) is 2.07. The molecular weight excluding hydrogens is 314 g/mol. The van der Waals surface area contributed by atoms with Crippen molar-refractivity contribution in [2.75, 3.05) is 43.9 Å². The van der Waals surface area contributed by atoms with E-state index in [0.717, 1.165) is 44.0 Å². The highest BCUT2D eigenvalue weighted by atomic mass is 16.3. The Balaban J connectivity index is 1.69. The van der Waals surface area contributed by atoms with Crippen molar-refractivity contribution < 1.29 is 5.11 Å². The first kappa shape index (κ1) is 17.6. The molecular formula is C19H27N5O. The second kappa shape index (κ2) is 7.80. The minimum absolute atomic E-state index is 0.416. The first-order chi connectivity index (χ1) is 12.0. The third kappa shape index (κ3) is 4.46. The second-order valence-electron chi connectivity index (χ2n) is 6.84. The maximum absolute atomic E-state index is 9.75. The lowest BCUT2D eigenvalue weighted by Gasteiger charge is -2.30. The van der Waals surface area contributed by atoms with Crippen molar-refractivity contribution in [2.24, 2.45) is 0 Å². The number of nitrogens with one attached hydrogen (secondary N) is 1. The van der Waals surface area contributed by atoms with Crippen molar-refractivity contribution in [3.8, 4) is 0 Å². The van der Waals surface area contributed by atoms with Gasteiger partial charge in [0.05, 0.1) is 6.10 Å². The van der Waals surface area contributed by atoms with Gasteiger partial charge in [-0.25, -0.2) is 4.98 Å². The molecule has 0 unspecified atom stereocenters. The minimum Gasteiger partial charge on any atom is -0.389 e. The fraction of sp³-hybridized carbons (Fsp3) is 0.474. The summed E-state index contributed by atoms with van der Waals surface area (Å²) in [5.41, 5.74) is 3.62. The van der Waals surface area contributed by atoms with Crippen LogP contribution < -0.4 is 10.2 Å². The number of fused-ring (bicyclic) bond motifs is 1. The summed E-state index contributed by atoms with van der Waals surface area (Å²) in [5.74, 6) is 1.63. The van der Waals surface area contributed by atoms with Crippen LogP contribution in [0.4, 0.5) is 11.8 Å². The van der Waals surface area contributed by atoms with Crippen molar-refractivity contribution >= 4 is 11.8 Å². The van der Waals surface area contributed by atoms with Gasteiger partial charge in [0, 0.05) is 32.4 Å². The van der Waals surface area contributed by atoms with Crippen LogP contribution in [0.25, 0.3) is 0 Å². The molecule has 0 saturated carbocycles. The van der Waals surface area contributed by atoms with Gasteiger partial charge < -0.3 is 20.2 Å². The highest BCUT2D eigenvalue weighted by Crippen LogP contribution is 2.26. The molecule has 0 amide bonds. The summed E-state index contributed by atoms with van der Waals surface area (Å²) < 4.78 is 0. The van der Waals surface area contributed by atoms with Crippen molar-refractivity contribution in [3.05, 3.63) is 47.2 Å². The molecule has 0 saturated heterocycles. The molecule has 1 aliphatic heterocycles. The Morgan fingerprint density at radius 2 is 2.12 bits per heavy atom. The average molecular weight is 341 g/mol. The Morgan fingerprint density at radius 3 is 2.88 bits per heavy atom. The molecule has 6 heteroatoms. The number of nitrogens with zero attached hydrogens (tertiary/aromatic N) is 4. The highest BCUT2D eigenvalue weighted by molar-refractivity contribution is 5.47. The standard InChI is InChI=1S/C19H27N5O/c1-14(25)15-4-5-17-13-24(10-7-16(17)12-15)18-6-8-20-19(22-18)21-9-11-23(2)3/h4-6,8,12,14,25H,7,9-11,13H2,1-3H3,(H,20,21,22)/t14-/m0/s1. The van der Waals surface area contributed by atoms with Crippen LogP contribution in [0.5, 0.6) is 0 Å². The van der Waals surface area contributed by atoms with Crippen LogP contribution in [-0.2, 0) is 13.0 Å². The van der Waals surface area contributed by atoms with E-state index in [9.17, 15) is 5.11 Å². The summed E-state index contributed by atoms with van der Waals surface area (Å²) in [6.45, 7) is 5.33. The van der Waals surface area contributed by atoms with Gasteiger partial charge in [0.2, 0.25) is 5.95 Å². The predicted molar refractivity (Wildman–Crippen MR) is 101 cm³/mol.